The Morgan fingerprint density at radius 3 is 2.58 bits per heavy atom. The highest BCUT2D eigenvalue weighted by Crippen LogP contribution is 2.30. The predicted molar refractivity (Wildman–Crippen MR) is 85.7 cm³/mol. The van der Waals surface area contributed by atoms with Crippen molar-refractivity contribution in [1.82, 2.24) is 4.98 Å². The number of rotatable bonds is 3. The van der Waals surface area contributed by atoms with Crippen LogP contribution < -0.4 is 5.73 Å². The summed E-state index contributed by atoms with van der Waals surface area (Å²) in [6.07, 6.45) is 0.868. The molecule has 0 bridgehead atoms. The fourth-order valence-electron chi connectivity index (χ4n) is 2.02. The lowest BCUT2D eigenvalue weighted by Crippen LogP contribution is -2.15. The highest BCUT2D eigenvalue weighted by molar-refractivity contribution is 9.10. The van der Waals surface area contributed by atoms with Crippen LogP contribution in [-0.4, -0.2) is 4.98 Å². The molecule has 0 unspecified atom stereocenters. The van der Waals surface area contributed by atoms with Gasteiger partial charge in [-0.3, -0.25) is 0 Å². The van der Waals surface area contributed by atoms with Crippen LogP contribution in [0.15, 0.2) is 28.7 Å². The van der Waals surface area contributed by atoms with Gasteiger partial charge in [0.05, 0.1) is 10.7 Å². The van der Waals surface area contributed by atoms with Gasteiger partial charge in [0.25, 0.3) is 0 Å². The molecule has 0 aliphatic heterocycles. The van der Waals surface area contributed by atoms with Gasteiger partial charge in [-0.05, 0) is 17.7 Å². The zero-order valence-corrected chi connectivity index (χ0v) is 13.9. The zero-order chi connectivity index (χ0) is 14.0. The summed E-state index contributed by atoms with van der Waals surface area (Å²) < 4.78 is 1.11. The quantitative estimate of drug-likeness (QED) is 0.908. The van der Waals surface area contributed by atoms with Crippen LogP contribution in [0.1, 0.15) is 41.9 Å². The second kappa shape index (κ2) is 5.73. The largest absolute Gasteiger partial charge is 0.326 e. The molecule has 2 N–H and O–H groups in total. The van der Waals surface area contributed by atoms with E-state index in [0.717, 1.165) is 21.6 Å². The maximum atomic E-state index is 5.84. The highest BCUT2D eigenvalue weighted by atomic mass is 79.9. The summed E-state index contributed by atoms with van der Waals surface area (Å²) in [5, 5.41) is 1.14. The highest BCUT2D eigenvalue weighted by Gasteiger charge is 2.22. The smallest absolute Gasteiger partial charge is 0.0975 e. The van der Waals surface area contributed by atoms with Crippen LogP contribution in [0.2, 0.25) is 0 Å². The van der Waals surface area contributed by atoms with Crippen LogP contribution in [0.5, 0.6) is 0 Å². The molecule has 1 aromatic carbocycles. The normalized spacial score (nSPS) is 11.8. The molecule has 2 rings (SSSR count). The molecule has 1 heterocycles. The molecule has 0 spiro atoms. The standard InChI is InChI=1S/C15H19BrN2S/c1-15(2,3)14-12(9-17)19-13(18-14)8-10-5-4-6-11(16)7-10/h4-7H,8-9,17H2,1-3H3. The average molecular weight is 339 g/mol. The van der Waals surface area contributed by atoms with Crippen molar-refractivity contribution in [2.75, 3.05) is 0 Å². The molecule has 2 nitrogen and oxygen atoms in total. The second-order valence-corrected chi connectivity index (χ2v) is 7.72. The summed E-state index contributed by atoms with van der Waals surface area (Å²) in [7, 11) is 0. The molecule has 0 aliphatic carbocycles. The second-order valence-electron chi connectivity index (χ2n) is 5.64. The van der Waals surface area contributed by atoms with Gasteiger partial charge in [0, 0.05) is 27.7 Å². The SMILES string of the molecule is CC(C)(C)c1nc(Cc2cccc(Br)c2)sc1CN. The Morgan fingerprint density at radius 1 is 1.32 bits per heavy atom. The Kier molecular flexibility index (Phi) is 4.43. The van der Waals surface area contributed by atoms with E-state index in [9.17, 15) is 0 Å². The van der Waals surface area contributed by atoms with Gasteiger partial charge in [0.2, 0.25) is 0 Å². The average Bonchev–Trinajstić information content (AvgIpc) is 2.72. The van der Waals surface area contributed by atoms with Gasteiger partial charge in [0.15, 0.2) is 0 Å². The van der Waals surface area contributed by atoms with E-state index in [-0.39, 0.29) is 5.41 Å². The minimum Gasteiger partial charge on any atom is -0.326 e. The van der Waals surface area contributed by atoms with Crippen molar-refractivity contribution in [1.29, 1.82) is 0 Å². The van der Waals surface area contributed by atoms with Crippen LogP contribution in [0.3, 0.4) is 0 Å². The molecular formula is C15H19BrN2S. The van der Waals surface area contributed by atoms with Crippen molar-refractivity contribution in [2.24, 2.45) is 5.73 Å². The van der Waals surface area contributed by atoms with Gasteiger partial charge in [0.1, 0.15) is 0 Å². The molecule has 19 heavy (non-hydrogen) atoms. The topological polar surface area (TPSA) is 38.9 Å². The summed E-state index contributed by atoms with van der Waals surface area (Å²) in [4.78, 5) is 6.01. The van der Waals surface area contributed by atoms with Crippen molar-refractivity contribution < 1.29 is 0 Å². The Morgan fingerprint density at radius 2 is 2.05 bits per heavy atom. The first-order valence-corrected chi connectivity index (χ1v) is 7.94. The van der Waals surface area contributed by atoms with Crippen LogP contribution in [0, 0.1) is 0 Å². The molecule has 4 heteroatoms. The molecule has 2 aromatic rings. The Balaban J connectivity index is 2.29. The van der Waals surface area contributed by atoms with Crippen LogP contribution in [-0.2, 0) is 18.4 Å². The molecule has 0 atom stereocenters. The first kappa shape index (κ1) is 14.7. The third-order valence-electron chi connectivity index (χ3n) is 2.88. The number of nitrogens with two attached hydrogens (primary N) is 1. The van der Waals surface area contributed by atoms with Crippen LogP contribution in [0.25, 0.3) is 0 Å². The van der Waals surface area contributed by atoms with Crippen molar-refractivity contribution in [2.45, 2.75) is 39.2 Å². The molecule has 0 aliphatic rings. The van der Waals surface area contributed by atoms with Gasteiger partial charge < -0.3 is 5.73 Å². The minimum atomic E-state index is 0.0563. The van der Waals surface area contributed by atoms with E-state index in [1.54, 1.807) is 11.3 Å². The van der Waals surface area contributed by atoms with Crippen molar-refractivity contribution >= 4 is 27.3 Å². The molecule has 0 saturated carbocycles. The number of nitrogens with zero attached hydrogens (tertiary/aromatic N) is 1. The third kappa shape index (κ3) is 3.65. The maximum Gasteiger partial charge on any atom is 0.0975 e. The predicted octanol–water partition coefficient (Wildman–Crippen LogP) is 4.25. The zero-order valence-electron chi connectivity index (χ0n) is 11.5. The number of benzene rings is 1. The Bertz CT molecular complexity index is 570. The number of hydrogen-bond donors (Lipinski definition) is 1. The van der Waals surface area contributed by atoms with E-state index in [1.807, 2.05) is 6.07 Å². The van der Waals surface area contributed by atoms with E-state index < -0.39 is 0 Å². The van der Waals surface area contributed by atoms with Gasteiger partial charge in [-0.2, -0.15) is 0 Å². The maximum absolute atomic E-state index is 5.84. The monoisotopic (exact) mass is 338 g/mol. The first-order valence-electron chi connectivity index (χ1n) is 6.33. The van der Waals surface area contributed by atoms with Crippen molar-refractivity contribution in [3.05, 3.63) is 49.9 Å². The van der Waals surface area contributed by atoms with Crippen LogP contribution in [0.4, 0.5) is 0 Å². The fraction of sp³-hybridized carbons (Fsp3) is 0.400. The molecule has 102 valence electrons. The minimum absolute atomic E-state index is 0.0563. The fourth-order valence-corrected chi connectivity index (χ4v) is 3.66. The summed E-state index contributed by atoms with van der Waals surface area (Å²) in [6.45, 7) is 7.13. The van der Waals surface area contributed by atoms with Gasteiger partial charge in [-0.1, -0.05) is 48.8 Å². The molecule has 0 fully saturated rings. The molecule has 1 aromatic heterocycles. The summed E-state index contributed by atoms with van der Waals surface area (Å²) in [5.41, 5.74) is 8.31. The summed E-state index contributed by atoms with van der Waals surface area (Å²) in [6, 6.07) is 8.37. The molecule has 0 amide bonds. The summed E-state index contributed by atoms with van der Waals surface area (Å²) in [5.74, 6) is 0. The lowest BCUT2D eigenvalue weighted by Gasteiger charge is -2.16. The van der Waals surface area contributed by atoms with Gasteiger partial charge in [-0.25, -0.2) is 4.98 Å². The number of thiazole rings is 1. The molecule has 0 radical (unpaired) electrons. The van der Waals surface area contributed by atoms with E-state index in [1.165, 1.54) is 10.4 Å². The lowest BCUT2D eigenvalue weighted by atomic mass is 9.91. The van der Waals surface area contributed by atoms with Gasteiger partial charge >= 0.3 is 0 Å². The van der Waals surface area contributed by atoms with E-state index in [0.29, 0.717) is 6.54 Å². The number of hydrogen-bond acceptors (Lipinski definition) is 3. The Labute approximate surface area is 127 Å². The van der Waals surface area contributed by atoms with Crippen LogP contribution >= 0.6 is 27.3 Å². The van der Waals surface area contributed by atoms with E-state index in [4.69, 9.17) is 10.7 Å². The van der Waals surface area contributed by atoms with Crippen molar-refractivity contribution in [3.63, 3.8) is 0 Å². The number of aromatic nitrogens is 1. The molecular weight excluding hydrogens is 320 g/mol. The lowest BCUT2D eigenvalue weighted by molar-refractivity contribution is 0.564. The van der Waals surface area contributed by atoms with E-state index >= 15 is 0 Å². The number of halogens is 1. The molecule has 0 saturated heterocycles. The summed E-state index contributed by atoms with van der Waals surface area (Å²) >= 11 is 5.24. The van der Waals surface area contributed by atoms with E-state index in [2.05, 4.69) is 54.9 Å². The Hall–Kier alpha value is -0.710. The third-order valence-corrected chi connectivity index (χ3v) is 4.45. The van der Waals surface area contributed by atoms with Gasteiger partial charge in [-0.15, -0.1) is 11.3 Å². The first-order chi connectivity index (χ1) is 8.90. The van der Waals surface area contributed by atoms with Crippen molar-refractivity contribution in [3.8, 4) is 0 Å².